The van der Waals surface area contributed by atoms with Crippen LogP contribution in [0.2, 0.25) is 0 Å². The second-order valence-corrected chi connectivity index (χ2v) is 8.16. The van der Waals surface area contributed by atoms with E-state index in [4.69, 9.17) is 4.74 Å². The molecule has 1 unspecified atom stereocenters. The summed E-state index contributed by atoms with van der Waals surface area (Å²) in [6.07, 6.45) is 0. The van der Waals surface area contributed by atoms with Crippen molar-refractivity contribution in [1.82, 2.24) is 25.4 Å². The zero-order chi connectivity index (χ0) is 25.4. The first-order valence-corrected chi connectivity index (χ1v) is 11.5. The van der Waals surface area contributed by atoms with E-state index < -0.39 is 23.0 Å². The maximum absolute atomic E-state index is 13.2. The van der Waals surface area contributed by atoms with E-state index in [0.717, 1.165) is 5.56 Å². The fourth-order valence-electron chi connectivity index (χ4n) is 3.03. The highest BCUT2D eigenvalue weighted by Gasteiger charge is 2.22. The second-order valence-electron chi connectivity index (χ2n) is 7.22. The highest BCUT2D eigenvalue weighted by atomic mass is 32.2. The van der Waals surface area contributed by atoms with E-state index in [9.17, 15) is 24.1 Å². The molecule has 184 valence electrons. The van der Waals surface area contributed by atoms with E-state index in [1.165, 1.54) is 36.0 Å². The third kappa shape index (κ3) is 6.99. The standard InChI is InChI=1S/C22H23FN6O5S/c1-3-34-19(30)12-24-21(31)25-14(2)20-26-27-22(35-13-15-4-6-16(23)7-5-15)28(20)17-8-10-18(11-9-17)29(32)33/h4-11,14H,3,12-13H2,1-2H3,(H2,24,25,31). The van der Waals surface area contributed by atoms with E-state index in [-0.39, 0.29) is 24.7 Å². The van der Waals surface area contributed by atoms with E-state index >= 15 is 0 Å². The van der Waals surface area contributed by atoms with Crippen LogP contribution in [0.25, 0.3) is 5.69 Å². The summed E-state index contributed by atoms with van der Waals surface area (Å²) in [4.78, 5) is 34.3. The summed E-state index contributed by atoms with van der Waals surface area (Å²) in [5, 5.41) is 25.1. The smallest absolute Gasteiger partial charge is 0.325 e. The lowest BCUT2D eigenvalue weighted by molar-refractivity contribution is -0.384. The van der Waals surface area contributed by atoms with E-state index in [1.807, 2.05) is 0 Å². The Hall–Kier alpha value is -4.00. The number of benzene rings is 2. The lowest BCUT2D eigenvalue weighted by Gasteiger charge is -2.16. The van der Waals surface area contributed by atoms with Crippen LogP contribution in [0.15, 0.2) is 53.7 Å². The highest BCUT2D eigenvalue weighted by molar-refractivity contribution is 7.98. The molecule has 2 amide bonds. The summed E-state index contributed by atoms with van der Waals surface area (Å²) in [5.41, 5.74) is 1.34. The van der Waals surface area contributed by atoms with Crippen LogP contribution >= 0.6 is 11.8 Å². The molecule has 0 fully saturated rings. The van der Waals surface area contributed by atoms with Gasteiger partial charge in [-0.25, -0.2) is 9.18 Å². The minimum Gasteiger partial charge on any atom is -0.465 e. The zero-order valence-electron chi connectivity index (χ0n) is 18.9. The van der Waals surface area contributed by atoms with Gasteiger partial charge in [0.05, 0.1) is 17.6 Å². The van der Waals surface area contributed by atoms with Gasteiger partial charge in [0.1, 0.15) is 12.4 Å². The van der Waals surface area contributed by atoms with Gasteiger partial charge in [-0.3, -0.25) is 19.5 Å². The number of nitro groups is 1. The molecule has 0 radical (unpaired) electrons. The Morgan fingerprint density at radius 2 is 1.86 bits per heavy atom. The van der Waals surface area contributed by atoms with Gasteiger partial charge >= 0.3 is 12.0 Å². The average Bonchev–Trinajstić information content (AvgIpc) is 3.27. The van der Waals surface area contributed by atoms with Crippen molar-refractivity contribution in [1.29, 1.82) is 0 Å². The van der Waals surface area contributed by atoms with Gasteiger partial charge in [0.2, 0.25) is 0 Å². The Morgan fingerprint density at radius 3 is 2.49 bits per heavy atom. The van der Waals surface area contributed by atoms with Gasteiger partial charge in [0.15, 0.2) is 11.0 Å². The van der Waals surface area contributed by atoms with E-state index in [1.54, 1.807) is 42.7 Å². The van der Waals surface area contributed by atoms with Gasteiger partial charge in [0.25, 0.3) is 5.69 Å². The number of urea groups is 1. The van der Waals surface area contributed by atoms with Crippen molar-refractivity contribution in [2.75, 3.05) is 13.2 Å². The molecule has 3 aromatic rings. The summed E-state index contributed by atoms with van der Waals surface area (Å²) < 4.78 is 19.7. The molecule has 3 rings (SSSR count). The number of nitro benzene ring substituents is 1. The number of aromatic nitrogens is 3. The SMILES string of the molecule is CCOC(=O)CNC(=O)NC(C)c1nnc(SCc2ccc(F)cc2)n1-c1ccc([N+](=O)[O-])cc1. The van der Waals surface area contributed by atoms with Gasteiger partial charge < -0.3 is 15.4 Å². The number of halogens is 1. The number of nitrogens with zero attached hydrogens (tertiary/aromatic N) is 4. The molecule has 1 heterocycles. The minimum absolute atomic E-state index is 0.0755. The third-order valence-electron chi connectivity index (χ3n) is 4.69. The average molecular weight is 503 g/mol. The van der Waals surface area contributed by atoms with Crippen LogP contribution in [-0.4, -0.2) is 44.8 Å². The zero-order valence-corrected chi connectivity index (χ0v) is 19.8. The summed E-state index contributed by atoms with van der Waals surface area (Å²) >= 11 is 1.33. The highest BCUT2D eigenvalue weighted by Crippen LogP contribution is 2.28. The lowest BCUT2D eigenvalue weighted by Crippen LogP contribution is -2.40. The monoisotopic (exact) mass is 502 g/mol. The Balaban J connectivity index is 1.83. The molecule has 0 aliphatic heterocycles. The van der Waals surface area contributed by atoms with Crippen molar-refractivity contribution in [2.24, 2.45) is 0 Å². The molecule has 2 N–H and O–H groups in total. The molecular weight excluding hydrogens is 479 g/mol. The van der Waals surface area contributed by atoms with Crippen molar-refractivity contribution in [3.8, 4) is 5.69 Å². The molecule has 35 heavy (non-hydrogen) atoms. The quantitative estimate of drug-likeness (QED) is 0.186. The molecular formula is C22H23FN6O5S. The molecule has 0 aliphatic carbocycles. The first-order chi connectivity index (χ1) is 16.8. The molecule has 0 saturated heterocycles. The van der Waals surface area contributed by atoms with E-state index in [2.05, 4.69) is 20.8 Å². The van der Waals surface area contributed by atoms with Crippen LogP contribution in [0.5, 0.6) is 0 Å². The summed E-state index contributed by atoms with van der Waals surface area (Å²) in [6.45, 7) is 3.26. The van der Waals surface area contributed by atoms with Crippen LogP contribution in [-0.2, 0) is 15.3 Å². The second kappa shape index (κ2) is 11.9. The van der Waals surface area contributed by atoms with Crippen LogP contribution in [0.4, 0.5) is 14.9 Å². The number of hydrogen-bond donors (Lipinski definition) is 2. The predicted octanol–water partition coefficient (Wildman–Crippen LogP) is 3.53. The molecule has 13 heteroatoms. The van der Waals surface area contributed by atoms with Gasteiger partial charge in [-0.1, -0.05) is 23.9 Å². The van der Waals surface area contributed by atoms with Crippen LogP contribution in [0.1, 0.15) is 31.3 Å². The van der Waals surface area contributed by atoms with E-state index in [0.29, 0.717) is 22.4 Å². The van der Waals surface area contributed by atoms with Gasteiger partial charge in [-0.05, 0) is 43.7 Å². The molecule has 1 atom stereocenters. The summed E-state index contributed by atoms with van der Waals surface area (Å²) in [5.74, 6) is -0.0699. The first-order valence-electron chi connectivity index (χ1n) is 10.6. The maximum atomic E-state index is 13.2. The van der Waals surface area contributed by atoms with Crippen molar-refractivity contribution >= 4 is 29.4 Å². The fraction of sp³-hybridized carbons (Fsp3) is 0.273. The number of nitrogens with one attached hydrogen (secondary N) is 2. The van der Waals surface area contributed by atoms with Crippen molar-refractivity contribution in [3.05, 3.63) is 75.9 Å². The molecule has 1 aromatic heterocycles. The number of non-ortho nitro benzene ring substituents is 1. The summed E-state index contributed by atoms with van der Waals surface area (Å²) in [7, 11) is 0. The molecule has 0 bridgehead atoms. The van der Waals surface area contributed by atoms with Gasteiger partial charge in [-0.2, -0.15) is 0 Å². The van der Waals surface area contributed by atoms with Crippen molar-refractivity contribution in [3.63, 3.8) is 0 Å². The molecule has 0 spiro atoms. The van der Waals surface area contributed by atoms with Gasteiger partial charge in [0, 0.05) is 23.6 Å². The Bertz CT molecular complexity index is 1190. The third-order valence-corrected chi connectivity index (χ3v) is 5.69. The normalized spacial score (nSPS) is 11.5. The Labute approximate surface area is 204 Å². The van der Waals surface area contributed by atoms with Gasteiger partial charge in [-0.15, -0.1) is 10.2 Å². The Kier molecular flexibility index (Phi) is 8.73. The van der Waals surface area contributed by atoms with Crippen molar-refractivity contribution in [2.45, 2.75) is 30.8 Å². The number of hydrogen-bond acceptors (Lipinski definition) is 8. The number of carbonyl (C=O) groups is 2. The number of amides is 2. The fourth-order valence-corrected chi connectivity index (χ4v) is 3.94. The molecule has 0 aliphatic rings. The number of carbonyl (C=O) groups excluding carboxylic acids is 2. The topological polar surface area (TPSA) is 141 Å². The van der Waals surface area contributed by atoms with Crippen LogP contribution in [0, 0.1) is 15.9 Å². The largest absolute Gasteiger partial charge is 0.465 e. The lowest BCUT2D eigenvalue weighted by atomic mass is 10.2. The number of rotatable bonds is 10. The first kappa shape index (κ1) is 25.6. The number of ether oxygens (including phenoxy) is 1. The molecule has 0 saturated carbocycles. The van der Waals surface area contributed by atoms with Crippen molar-refractivity contribution < 1.29 is 23.6 Å². The van der Waals surface area contributed by atoms with Crippen LogP contribution in [0.3, 0.4) is 0 Å². The molecule has 2 aromatic carbocycles. The molecule has 11 nitrogen and oxygen atoms in total. The van der Waals surface area contributed by atoms with Crippen LogP contribution < -0.4 is 10.6 Å². The Morgan fingerprint density at radius 1 is 1.17 bits per heavy atom. The summed E-state index contributed by atoms with van der Waals surface area (Å²) in [6, 6.07) is 10.6. The predicted molar refractivity (Wildman–Crippen MR) is 126 cm³/mol. The maximum Gasteiger partial charge on any atom is 0.325 e. The number of thioether (sulfide) groups is 1. The number of esters is 1. The minimum atomic E-state index is -0.639.